The standard InChI is InChI=1S/C8H13IO/c9-7-1-4-8(10,5-2-7)6-3-7/h10H,1-6H2. The van der Waals surface area contributed by atoms with E-state index in [0.717, 1.165) is 19.3 Å². The molecular formula is C8H13IO. The number of rotatable bonds is 0. The van der Waals surface area contributed by atoms with E-state index in [1.54, 1.807) is 0 Å². The Kier molecular flexibility index (Phi) is 1.54. The Morgan fingerprint density at radius 2 is 1.30 bits per heavy atom. The van der Waals surface area contributed by atoms with Crippen LogP contribution in [0.3, 0.4) is 0 Å². The van der Waals surface area contributed by atoms with Crippen molar-refractivity contribution in [3.63, 3.8) is 0 Å². The minimum atomic E-state index is -0.243. The molecule has 2 heteroatoms. The fourth-order valence-corrected chi connectivity index (χ4v) is 2.93. The highest BCUT2D eigenvalue weighted by atomic mass is 127. The van der Waals surface area contributed by atoms with E-state index in [4.69, 9.17) is 0 Å². The second-order valence-corrected chi connectivity index (χ2v) is 6.16. The average Bonchev–Trinajstić information content (AvgIpc) is 1.93. The zero-order valence-corrected chi connectivity index (χ0v) is 8.23. The Labute approximate surface area is 75.3 Å². The smallest absolute Gasteiger partial charge is 0.0649 e. The molecule has 3 rings (SSSR count). The molecule has 10 heavy (non-hydrogen) atoms. The third-order valence-corrected chi connectivity index (χ3v) is 4.73. The summed E-state index contributed by atoms with van der Waals surface area (Å²) in [7, 11) is 0. The first-order chi connectivity index (χ1) is 4.62. The summed E-state index contributed by atoms with van der Waals surface area (Å²) in [5.41, 5.74) is -0.243. The number of hydrogen-bond acceptors (Lipinski definition) is 1. The monoisotopic (exact) mass is 252 g/mol. The third kappa shape index (κ3) is 1.09. The van der Waals surface area contributed by atoms with Gasteiger partial charge < -0.3 is 5.11 Å². The van der Waals surface area contributed by atoms with Gasteiger partial charge in [0.2, 0.25) is 0 Å². The predicted octanol–water partition coefficient (Wildman–Crippen LogP) is 2.26. The third-order valence-electron chi connectivity index (χ3n) is 3.12. The summed E-state index contributed by atoms with van der Waals surface area (Å²) in [6, 6.07) is 0. The van der Waals surface area contributed by atoms with Crippen LogP contribution in [0.1, 0.15) is 38.5 Å². The maximum atomic E-state index is 9.83. The van der Waals surface area contributed by atoms with Crippen LogP contribution >= 0.6 is 22.6 Å². The molecule has 0 amide bonds. The minimum Gasteiger partial charge on any atom is -0.390 e. The molecule has 58 valence electrons. The lowest BCUT2D eigenvalue weighted by molar-refractivity contribution is -0.0421. The van der Waals surface area contributed by atoms with Gasteiger partial charge in [0.15, 0.2) is 0 Å². The molecule has 1 nitrogen and oxygen atoms in total. The molecule has 0 saturated heterocycles. The molecule has 0 heterocycles. The largest absolute Gasteiger partial charge is 0.390 e. The van der Waals surface area contributed by atoms with Crippen molar-refractivity contribution in [1.29, 1.82) is 0 Å². The first-order valence-electron chi connectivity index (χ1n) is 4.03. The van der Waals surface area contributed by atoms with Crippen molar-refractivity contribution in [2.24, 2.45) is 0 Å². The molecular weight excluding hydrogens is 239 g/mol. The number of aliphatic hydroxyl groups is 1. The maximum absolute atomic E-state index is 9.83. The Morgan fingerprint density at radius 3 is 1.60 bits per heavy atom. The molecule has 0 aromatic carbocycles. The van der Waals surface area contributed by atoms with E-state index in [0.29, 0.717) is 3.42 Å². The molecule has 3 saturated carbocycles. The van der Waals surface area contributed by atoms with Gasteiger partial charge >= 0.3 is 0 Å². The van der Waals surface area contributed by atoms with Gasteiger partial charge in [-0.25, -0.2) is 0 Å². The van der Waals surface area contributed by atoms with Gasteiger partial charge in [0.25, 0.3) is 0 Å². The van der Waals surface area contributed by atoms with Gasteiger partial charge in [0, 0.05) is 3.42 Å². The molecule has 3 aliphatic carbocycles. The van der Waals surface area contributed by atoms with E-state index in [-0.39, 0.29) is 5.60 Å². The SMILES string of the molecule is OC12CCC(I)(CC1)CC2. The van der Waals surface area contributed by atoms with E-state index in [2.05, 4.69) is 22.6 Å². The predicted molar refractivity (Wildman–Crippen MR) is 49.4 cm³/mol. The van der Waals surface area contributed by atoms with Crippen LogP contribution in [-0.2, 0) is 0 Å². The fraction of sp³-hybridized carbons (Fsp3) is 1.00. The van der Waals surface area contributed by atoms with Crippen LogP contribution in [0.2, 0.25) is 0 Å². The zero-order valence-electron chi connectivity index (χ0n) is 6.07. The topological polar surface area (TPSA) is 20.2 Å². The minimum absolute atomic E-state index is 0.243. The molecule has 0 atom stereocenters. The Bertz CT molecular complexity index is 113. The van der Waals surface area contributed by atoms with Crippen LogP contribution in [-0.4, -0.2) is 14.1 Å². The van der Waals surface area contributed by atoms with Crippen molar-refractivity contribution < 1.29 is 5.11 Å². The second kappa shape index (κ2) is 2.09. The number of hydrogen-bond donors (Lipinski definition) is 1. The molecule has 1 N–H and O–H groups in total. The molecule has 0 aliphatic heterocycles. The quantitative estimate of drug-likeness (QED) is 0.518. The summed E-state index contributed by atoms with van der Waals surface area (Å²) in [6.45, 7) is 0. The van der Waals surface area contributed by atoms with Gasteiger partial charge in [0.05, 0.1) is 5.60 Å². The first kappa shape index (κ1) is 7.35. The summed E-state index contributed by atoms with van der Waals surface area (Å²) in [4.78, 5) is 0. The van der Waals surface area contributed by atoms with Crippen LogP contribution in [0.15, 0.2) is 0 Å². The average molecular weight is 252 g/mol. The summed E-state index contributed by atoms with van der Waals surface area (Å²) in [5, 5.41) is 9.83. The highest BCUT2D eigenvalue weighted by Gasteiger charge is 2.45. The highest BCUT2D eigenvalue weighted by molar-refractivity contribution is 14.1. The van der Waals surface area contributed by atoms with Gasteiger partial charge in [0.1, 0.15) is 0 Å². The number of halogens is 1. The van der Waals surface area contributed by atoms with E-state index in [9.17, 15) is 5.11 Å². The Balaban J connectivity index is 2.16. The number of alkyl halides is 1. The molecule has 0 aromatic rings. The lowest BCUT2D eigenvalue weighted by Gasteiger charge is -2.48. The summed E-state index contributed by atoms with van der Waals surface area (Å²) in [5.74, 6) is 0. The Morgan fingerprint density at radius 1 is 0.900 bits per heavy atom. The maximum Gasteiger partial charge on any atom is 0.0649 e. The Hall–Kier alpha value is 0.690. The van der Waals surface area contributed by atoms with Gasteiger partial charge in [-0.3, -0.25) is 0 Å². The lowest BCUT2D eigenvalue weighted by Crippen LogP contribution is -2.46. The normalized spacial score (nSPS) is 53.4. The van der Waals surface area contributed by atoms with Crippen molar-refractivity contribution in [2.75, 3.05) is 0 Å². The van der Waals surface area contributed by atoms with Crippen LogP contribution in [0.5, 0.6) is 0 Å². The summed E-state index contributed by atoms with van der Waals surface area (Å²) in [6.07, 6.45) is 6.88. The van der Waals surface area contributed by atoms with Gasteiger partial charge in [-0.05, 0) is 38.5 Å². The van der Waals surface area contributed by atoms with E-state index >= 15 is 0 Å². The summed E-state index contributed by atoms with van der Waals surface area (Å²) >= 11 is 2.59. The van der Waals surface area contributed by atoms with Crippen LogP contribution < -0.4 is 0 Å². The van der Waals surface area contributed by atoms with Crippen LogP contribution in [0, 0.1) is 0 Å². The molecule has 3 aliphatic rings. The molecule has 0 radical (unpaired) electrons. The number of fused-ring (bicyclic) bond motifs is 3. The van der Waals surface area contributed by atoms with E-state index < -0.39 is 0 Å². The van der Waals surface area contributed by atoms with Crippen molar-refractivity contribution >= 4 is 22.6 Å². The van der Waals surface area contributed by atoms with Crippen molar-refractivity contribution in [3.8, 4) is 0 Å². The van der Waals surface area contributed by atoms with Crippen molar-refractivity contribution in [1.82, 2.24) is 0 Å². The van der Waals surface area contributed by atoms with Crippen LogP contribution in [0.25, 0.3) is 0 Å². The van der Waals surface area contributed by atoms with E-state index in [1.807, 2.05) is 0 Å². The van der Waals surface area contributed by atoms with E-state index in [1.165, 1.54) is 19.3 Å². The van der Waals surface area contributed by atoms with Crippen molar-refractivity contribution in [2.45, 2.75) is 47.5 Å². The van der Waals surface area contributed by atoms with Crippen molar-refractivity contribution in [3.05, 3.63) is 0 Å². The molecule has 2 bridgehead atoms. The van der Waals surface area contributed by atoms with Crippen LogP contribution in [0.4, 0.5) is 0 Å². The highest BCUT2D eigenvalue weighted by Crippen LogP contribution is 2.51. The summed E-state index contributed by atoms with van der Waals surface area (Å²) < 4.78 is 0.572. The van der Waals surface area contributed by atoms with Gasteiger partial charge in [-0.2, -0.15) is 0 Å². The fourth-order valence-electron chi connectivity index (χ4n) is 2.12. The van der Waals surface area contributed by atoms with Gasteiger partial charge in [-0.1, -0.05) is 22.6 Å². The molecule has 0 aromatic heterocycles. The zero-order chi connectivity index (χ0) is 7.24. The van der Waals surface area contributed by atoms with Gasteiger partial charge in [-0.15, -0.1) is 0 Å². The molecule has 0 spiro atoms. The lowest BCUT2D eigenvalue weighted by atomic mass is 9.68. The molecule has 3 fully saturated rings. The first-order valence-corrected chi connectivity index (χ1v) is 5.11. The molecule has 0 unspecified atom stereocenters. The second-order valence-electron chi connectivity index (χ2n) is 3.88.